The summed E-state index contributed by atoms with van der Waals surface area (Å²) >= 11 is 0. The molecule has 1 aromatic rings. The molecule has 6 heteroatoms. The normalized spacial score (nSPS) is 16.1. The molecule has 0 aromatic carbocycles. The van der Waals surface area contributed by atoms with Crippen molar-refractivity contribution < 1.29 is 9.50 Å². The Balaban J connectivity index is 2.24. The molecule has 1 aliphatic rings. The van der Waals surface area contributed by atoms with Crippen LogP contribution in [0.1, 0.15) is 39.0 Å². The highest BCUT2D eigenvalue weighted by Crippen LogP contribution is 2.27. The van der Waals surface area contributed by atoms with Gasteiger partial charge in [-0.3, -0.25) is 0 Å². The zero-order valence-corrected chi connectivity index (χ0v) is 12.0. The summed E-state index contributed by atoms with van der Waals surface area (Å²) in [6.45, 7) is 3.04. The van der Waals surface area contributed by atoms with E-state index >= 15 is 0 Å². The van der Waals surface area contributed by atoms with Crippen LogP contribution >= 0.6 is 0 Å². The molecule has 1 saturated carbocycles. The number of hydrogen-bond acceptors (Lipinski definition) is 5. The minimum absolute atomic E-state index is 0.00349. The standard InChI is InChI=1S/C14H23FN4O/c1-2-16-14-17-10-12(15)13(18-14)19(8-9-20)11-6-4-3-5-7-11/h10-11,20H,2-9H2,1H3,(H,16,17,18). The number of nitrogens with zero attached hydrogens (tertiary/aromatic N) is 3. The van der Waals surface area contributed by atoms with Gasteiger partial charge in [-0.15, -0.1) is 0 Å². The van der Waals surface area contributed by atoms with Crippen molar-refractivity contribution in [3.8, 4) is 0 Å². The first-order valence-corrected chi connectivity index (χ1v) is 7.40. The fourth-order valence-corrected chi connectivity index (χ4v) is 2.76. The maximum Gasteiger partial charge on any atom is 0.224 e. The molecule has 1 heterocycles. The van der Waals surface area contributed by atoms with Gasteiger partial charge in [-0.05, 0) is 19.8 Å². The second-order valence-corrected chi connectivity index (χ2v) is 5.10. The van der Waals surface area contributed by atoms with Crippen LogP contribution in [0.25, 0.3) is 0 Å². The molecule has 0 unspecified atom stereocenters. The fourth-order valence-electron chi connectivity index (χ4n) is 2.76. The maximum atomic E-state index is 14.1. The highest BCUT2D eigenvalue weighted by atomic mass is 19.1. The lowest BCUT2D eigenvalue weighted by Crippen LogP contribution is -2.40. The van der Waals surface area contributed by atoms with Gasteiger partial charge in [0.25, 0.3) is 0 Å². The number of nitrogens with one attached hydrogen (secondary N) is 1. The van der Waals surface area contributed by atoms with Gasteiger partial charge in [0.1, 0.15) is 0 Å². The first-order valence-electron chi connectivity index (χ1n) is 7.40. The molecule has 112 valence electrons. The van der Waals surface area contributed by atoms with E-state index in [1.54, 1.807) is 0 Å². The van der Waals surface area contributed by atoms with Crippen molar-refractivity contribution >= 4 is 11.8 Å². The second kappa shape index (κ2) is 7.38. The summed E-state index contributed by atoms with van der Waals surface area (Å²) in [4.78, 5) is 10.1. The largest absolute Gasteiger partial charge is 0.395 e. The molecule has 0 bridgehead atoms. The minimum Gasteiger partial charge on any atom is -0.395 e. The lowest BCUT2D eigenvalue weighted by molar-refractivity contribution is 0.288. The van der Waals surface area contributed by atoms with Crippen molar-refractivity contribution in [1.29, 1.82) is 0 Å². The Labute approximate surface area is 119 Å². The lowest BCUT2D eigenvalue weighted by atomic mass is 9.94. The van der Waals surface area contributed by atoms with E-state index < -0.39 is 5.82 Å². The average Bonchev–Trinajstić information content (AvgIpc) is 2.48. The van der Waals surface area contributed by atoms with Crippen LogP contribution in [0.4, 0.5) is 16.2 Å². The summed E-state index contributed by atoms with van der Waals surface area (Å²) in [5.74, 6) is 0.310. The van der Waals surface area contributed by atoms with Crippen LogP contribution in [0, 0.1) is 5.82 Å². The van der Waals surface area contributed by atoms with Gasteiger partial charge in [0.05, 0.1) is 12.8 Å². The van der Waals surface area contributed by atoms with Crippen molar-refractivity contribution in [3.05, 3.63) is 12.0 Å². The molecule has 0 amide bonds. The Hall–Kier alpha value is -1.43. The van der Waals surface area contributed by atoms with Gasteiger partial charge in [0, 0.05) is 19.1 Å². The van der Waals surface area contributed by atoms with Crippen molar-refractivity contribution in [2.75, 3.05) is 29.9 Å². The zero-order chi connectivity index (χ0) is 14.4. The predicted octanol–water partition coefficient (Wildman–Crippen LogP) is 2.18. The third-order valence-corrected chi connectivity index (χ3v) is 3.69. The average molecular weight is 282 g/mol. The van der Waals surface area contributed by atoms with Gasteiger partial charge in [0.15, 0.2) is 11.6 Å². The lowest BCUT2D eigenvalue weighted by Gasteiger charge is -2.35. The van der Waals surface area contributed by atoms with Gasteiger partial charge in [-0.25, -0.2) is 9.37 Å². The van der Waals surface area contributed by atoms with Crippen LogP contribution in [0.2, 0.25) is 0 Å². The van der Waals surface area contributed by atoms with E-state index in [0.717, 1.165) is 25.7 Å². The molecule has 5 nitrogen and oxygen atoms in total. The highest BCUT2D eigenvalue weighted by Gasteiger charge is 2.24. The summed E-state index contributed by atoms with van der Waals surface area (Å²) in [5, 5.41) is 12.3. The number of rotatable bonds is 6. The quantitative estimate of drug-likeness (QED) is 0.837. The van der Waals surface area contributed by atoms with E-state index in [1.165, 1.54) is 12.6 Å². The van der Waals surface area contributed by atoms with Crippen LogP contribution < -0.4 is 10.2 Å². The minimum atomic E-state index is -0.425. The first-order chi connectivity index (χ1) is 9.76. The molecule has 2 rings (SSSR count). The molecule has 2 N–H and O–H groups in total. The van der Waals surface area contributed by atoms with Crippen LogP contribution in [-0.2, 0) is 0 Å². The number of aliphatic hydroxyl groups is 1. The molecule has 0 atom stereocenters. The molecule has 1 aromatic heterocycles. The third-order valence-electron chi connectivity index (χ3n) is 3.69. The highest BCUT2D eigenvalue weighted by molar-refractivity contribution is 5.45. The summed E-state index contributed by atoms with van der Waals surface area (Å²) in [7, 11) is 0. The van der Waals surface area contributed by atoms with Crippen molar-refractivity contribution in [2.45, 2.75) is 45.1 Å². The Bertz CT molecular complexity index is 424. The molecule has 20 heavy (non-hydrogen) atoms. The van der Waals surface area contributed by atoms with E-state index in [-0.39, 0.29) is 12.6 Å². The zero-order valence-electron chi connectivity index (χ0n) is 12.0. The number of anilines is 2. The molecule has 1 aliphatic carbocycles. The molecular weight excluding hydrogens is 259 g/mol. The number of hydrogen-bond donors (Lipinski definition) is 2. The SMILES string of the molecule is CCNc1ncc(F)c(N(CCO)C2CCCCC2)n1. The van der Waals surface area contributed by atoms with Gasteiger partial charge >= 0.3 is 0 Å². The summed E-state index contributed by atoms with van der Waals surface area (Å²) in [5.41, 5.74) is 0. The maximum absolute atomic E-state index is 14.1. The van der Waals surface area contributed by atoms with Crippen LogP contribution in [0.5, 0.6) is 0 Å². The molecular formula is C14H23FN4O. The topological polar surface area (TPSA) is 61.3 Å². The van der Waals surface area contributed by atoms with E-state index in [4.69, 9.17) is 0 Å². The van der Waals surface area contributed by atoms with Gasteiger partial charge < -0.3 is 15.3 Å². The molecule has 0 radical (unpaired) electrons. The van der Waals surface area contributed by atoms with Gasteiger partial charge in [-0.1, -0.05) is 19.3 Å². The summed E-state index contributed by atoms with van der Waals surface area (Å²) in [6.07, 6.45) is 6.80. The smallest absolute Gasteiger partial charge is 0.224 e. The number of halogens is 1. The van der Waals surface area contributed by atoms with Crippen molar-refractivity contribution in [2.24, 2.45) is 0 Å². The van der Waals surface area contributed by atoms with Gasteiger partial charge in [-0.2, -0.15) is 4.98 Å². The Morgan fingerprint density at radius 3 is 2.80 bits per heavy atom. The molecule has 0 aliphatic heterocycles. The van der Waals surface area contributed by atoms with Crippen molar-refractivity contribution in [1.82, 2.24) is 9.97 Å². The Morgan fingerprint density at radius 2 is 2.15 bits per heavy atom. The van der Waals surface area contributed by atoms with E-state index in [1.807, 2.05) is 11.8 Å². The van der Waals surface area contributed by atoms with E-state index in [9.17, 15) is 9.50 Å². The Kier molecular flexibility index (Phi) is 5.52. The van der Waals surface area contributed by atoms with Crippen molar-refractivity contribution in [3.63, 3.8) is 0 Å². The third kappa shape index (κ3) is 3.56. The predicted molar refractivity (Wildman–Crippen MR) is 77.5 cm³/mol. The summed E-state index contributed by atoms with van der Waals surface area (Å²) < 4.78 is 14.1. The molecule has 0 spiro atoms. The Morgan fingerprint density at radius 1 is 1.40 bits per heavy atom. The monoisotopic (exact) mass is 282 g/mol. The molecule has 1 fully saturated rings. The van der Waals surface area contributed by atoms with E-state index in [2.05, 4.69) is 15.3 Å². The van der Waals surface area contributed by atoms with Gasteiger partial charge in [0.2, 0.25) is 5.95 Å². The van der Waals surface area contributed by atoms with E-state index in [0.29, 0.717) is 24.9 Å². The van der Waals surface area contributed by atoms with Crippen LogP contribution in [-0.4, -0.2) is 40.8 Å². The van der Waals surface area contributed by atoms with Crippen LogP contribution in [0.15, 0.2) is 6.20 Å². The number of aliphatic hydroxyl groups excluding tert-OH is 1. The fraction of sp³-hybridized carbons (Fsp3) is 0.714. The second-order valence-electron chi connectivity index (χ2n) is 5.10. The number of aromatic nitrogens is 2. The summed E-state index contributed by atoms with van der Waals surface area (Å²) in [6, 6.07) is 0.259. The first kappa shape index (κ1) is 15.0. The molecule has 0 saturated heterocycles. The van der Waals surface area contributed by atoms with Crippen LogP contribution in [0.3, 0.4) is 0 Å².